The van der Waals surface area contributed by atoms with E-state index in [0.717, 1.165) is 25.9 Å². The standard InChI is InChI=1S/C17H21FN2O/c1-4-15(21)16-11(2)13(9-19)14(17(18)12(16)3)10-20-7-5-6-8-20/h4-8,10H2,1-3H3. The van der Waals surface area contributed by atoms with Gasteiger partial charge in [0.25, 0.3) is 0 Å². The Kier molecular flexibility index (Phi) is 4.74. The Labute approximate surface area is 125 Å². The van der Waals surface area contributed by atoms with Gasteiger partial charge < -0.3 is 0 Å². The Morgan fingerprint density at radius 3 is 2.43 bits per heavy atom. The summed E-state index contributed by atoms with van der Waals surface area (Å²) in [5.74, 6) is -0.492. The molecule has 0 aliphatic carbocycles. The summed E-state index contributed by atoms with van der Waals surface area (Å²) in [6.07, 6.45) is 2.55. The van der Waals surface area contributed by atoms with Crippen LogP contribution >= 0.6 is 0 Å². The van der Waals surface area contributed by atoms with E-state index in [1.807, 2.05) is 0 Å². The minimum absolute atomic E-state index is 0.104. The lowest BCUT2D eigenvalue weighted by Gasteiger charge is -2.20. The van der Waals surface area contributed by atoms with Gasteiger partial charge in [0, 0.05) is 24.1 Å². The van der Waals surface area contributed by atoms with Crippen molar-refractivity contribution in [1.82, 2.24) is 4.90 Å². The summed E-state index contributed by atoms with van der Waals surface area (Å²) < 4.78 is 14.7. The fraction of sp³-hybridized carbons (Fsp3) is 0.529. The zero-order chi connectivity index (χ0) is 15.6. The summed E-state index contributed by atoms with van der Waals surface area (Å²) in [5.41, 5.74) is 2.17. The van der Waals surface area contributed by atoms with E-state index in [1.54, 1.807) is 20.8 Å². The van der Waals surface area contributed by atoms with Gasteiger partial charge in [0.05, 0.1) is 11.6 Å². The molecule has 0 radical (unpaired) electrons. The number of likely N-dealkylation sites (tertiary alicyclic amines) is 1. The highest BCUT2D eigenvalue weighted by atomic mass is 19.1. The lowest BCUT2D eigenvalue weighted by Crippen LogP contribution is -2.22. The minimum atomic E-state index is -0.388. The minimum Gasteiger partial charge on any atom is -0.299 e. The molecule has 0 amide bonds. The largest absolute Gasteiger partial charge is 0.299 e. The van der Waals surface area contributed by atoms with Gasteiger partial charge in [0.15, 0.2) is 5.78 Å². The average Bonchev–Trinajstić information content (AvgIpc) is 2.97. The molecular formula is C17H21FN2O. The van der Waals surface area contributed by atoms with Crippen LogP contribution in [0.2, 0.25) is 0 Å². The monoisotopic (exact) mass is 288 g/mol. The number of nitriles is 1. The van der Waals surface area contributed by atoms with Crippen LogP contribution in [0, 0.1) is 31.0 Å². The van der Waals surface area contributed by atoms with Crippen LogP contribution in [0.4, 0.5) is 4.39 Å². The smallest absolute Gasteiger partial charge is 0.163 e. The van der Waals surface area contributed by atoms with Gasteiger partial charge in [0.1, 0.15) is 5.82 Å². The van der Waals surface area contributed by atoms with Crippen LogP contribution in [0.15, 0.2) is 0 Å². The number of Topliss-reactive ketones (excluding diaryl/α,β-unsaturated/α-hetero) is 1. The van der Waals surface area contributed by atoms with Gasteiger partial charge in [-0.1, -0.05) is 6.92 Å². The number of hydrogen-bond acceptors (Lipinski definition) is 3. The van der Waals surface area contributed by atoms with Crippen LogP contribution < -0.4 is 0 Å². The van der Waals surface area contributed by atoms with Gasteiger partial charge >= 0.3 is 0 Å². The van der Waals surface area contributed by atoms with E-state index in [-0.39, 0.29) is 11.6 Å². The molecule has 1 fully saturated rings. The first-order valence-electron chi connectivity index (χ1n) is 7.48. The van der Waals surface area contributed by atoms with Crippen LogP contribution in [0.5, 0.6) is 0 Å². The van der Waals surface area contributed by atoms with Crippen molar-refractivity contribution in [2.24, 2.45) is 0 Å². The summed E-state index contributed by atoms with van der Waals surface area (Å²) in [6.45, 7) is 7.48. The Bertz CT molecular complexity index is 610. The molecule has 1 saturated heterocycles. The fourth-order valence-corrected chi connectivity index (χ4v) is 3.14. The maximum Gasteiger partial charge on any atom is 0.163 e. The lowest BCUT2D eigenvalue weighted by molar-refractivity contribution is 0.0986. The number of benzene rings is 1. The highest BCUT2D eigenvalue weighted by Crippen LogP contribution is 2.29. The molecule has 1 aliphatic rings. The van der Waals surface area contributed by atoms with Crippen LogP contribution in [0.1, 0.15) is 58.8 Å². The number of hydrogen-bond donors (Lipinski definition) is 0. The van der Waals surface area contributed by atoms with Crippen molar-refractivity contribution in [2.45, 2.75) is 46.6 Å². The molecule has 1 aromatic carbocycles. The topological polar surface area (TPSA) is 44.1 Å². The molecule has 1 aliphatic heterocycles. The average molecular weight is 288 g/mol. The SMILES string of the molecule is CCC(=O)c1c(C)c(F)c(CN2CCCC2)c(C#N)c1C. The van der Waals surface area contributed by atoms with E-state index < -0.39 is 0 Å². The van der Waals surface area contributed by atoms with Gasteiger partial charge in [-0.05, 0) is 50.9 Å². The van der Waals surface area contributed by atoms with E-state index in [9.17, 15) is 14.4 Å². The molecule has 0 spiro atoms. The van der Waals surface area contributed by atoms with Crippen LogP contribution in [-0.4, -0.2) is 23.8 Å². The second-order valence-electron chi connectivity index (χ2n) is 5.66. The molecule has 1 aromatic rings. The van der Waals surface area contributed by atoms with Crippen molar-refractivity contribution in [1.29, 1.82) is 5.26 Å². The van der Waals surface area contributed by atoms with Crippen LogP contribution in [0.3, 0.4) is 0 Å². The van der Waals surface area contributed by atoms with Crippen LogP contribution in [-0.2, 0) is 6.54 Å². The molecule has 4 heteroatoms. The molecule has 0 atom stereocenters. The van der Waals surface area contributed by atoms with Gasteiger partial charge in [0.2, 0.25) is 0 Å². The predicted octanol–water partition coefficient (Wildman–Crippen LogP) is 3.50. The summed E-state index contributed by atoms with van der Waals surface area (Å²) in [7, 11) is 0. The molecule has 0 saturated carbocycles. The zero-order valence-electron chi connectivity index (χ0n) is 12.9. The Hall–Kier alpha value is -1.73. The molecule has 21 heavy (non-hydrogen) atoms. The van der Waals surface area contributed by atoms with Gasteiger partial charge in [-0.2, -0.15) is 5.26 Å². The number of halogens is 1. The van der Waals surface area contributed by atoms with Gasteiger partial charge in [-0.3, -0.25) is 9.69 Å². The third-order valence-electron chi connectivity index (χ3n) is 4.31. The zero-order valence-corrected chi connectivity index (χ0v) is 12.9. The summed E-state index contributed by atoms with van der Waals surface area (Å²) in [5, 5.41) is 9.42. The number of nitrogens with zero attached hydrogens (tertiary/aromatic N) is 2. The number of rotatable bonds is 4. The third kappa shape index (κ3) is 2.84. The lowest BCUT2D eigenvalue weighted by atomic mass is 9.89. The Morgan fingerprint density at radius 2 is 1.90 bits per heavy atom. The Morgan fingerprint density at radius 1 is 1.29 bits per heavy atom. The normalized spacial score (nSPS) is 15.2. The highest BCUT2D eigenvalue weighted by Gasteiger charge is 2.24. The van der Waals surface area contributed by atoms with E-state index in [4.69, 9.17) is 0 Å². The van der Waals surface area contributed by atoms with E-state index in [1.165, 1.54) is 0 Å². The molecule has 2 rings (SSSR count). The van der Waals surface area contributed by atoms with E-state index >= 15 is 0 Å². The number of carbonyl (C=O) groups is 1. The van der Waals surface area contributed by atoms with Crippen LogP contribution in [0.25, 0.3) is 0 Å². The van der Waals surface area contributed by atoms with Crippen molar-refractivity contribution in [3.63, 3.8) is 0 Å². The third-order valence-corrected chi connectivity index (χ3v) is 4.31. The van der Waals surface area contributed by atoms with E-state index in [2.05, 4.69) is 11.0 Å². The molecule has 1 heterocycles. The van der Waals surface area contributed by atoms with Crippen molar-refractivity contribution >= 4 is 5.78 Å². The van der Waals surface area contributed by atoms with Gasteiger partial charge in [-0.25, -0.2) is 4.39 Å². The van der Waals surface area contributed by atoms with Crippen molar-refractivity contribution in [2.75, 3.05) is 13.1 Å². The fourth-order valence-electron chi connectivity index (χ4n) is 3.14. The molecule has 0 bridgehead atoms. The van der Waals surface area contributed by atoms with Crippen molar-refractivity contribution in [3.05, 3.63) is 33.6 Å². The Balaban J connectivity index is 2.55. The van der Waals surface area contributed by atoms with Crippen molar-refractivity contribution < 1.29 is 9.18 Å². The summed E-state index contributed by atoms with van der Waals surface area (Å²) in [6, 6.07) is 2.11. The number of carbonyl (C=O) groups excluding carboxylic acids is 1. The molecule has 0 unspecified atom stereocenters. The maximum absolute atomic E-state index is 14.7. The molecule has 112 valence electrons. The second-order valence-corrected chi connectivity index (χ2v) is 5.66. The summed E-state index contributed by atoms with van der Waals surface area (Å²) >= 11 is 0. The summed E-state index contributed by atoms with van der Waals surface area (Å²) in [4.78, 5) is 14.2. The molecular weight excluding hydrogens is 267 g/mol. The second kappa shape index (κ2) is 6.36. The predicted molar refractivity (Wildman–Crippen MR) is 79.7 cm³/mol. The molecule has 0 N–H and O–H groups in total. The first kappa shape index (κ1) is 15.7. The number of ketones is 1. The molecule has 3 nitrogen and oxygen atoms in total. The first-order chi connectivity index (χ1) is 10.0. The van der Waals surface area contributed by atoms with Gasteiger partial charge in [-0.15, -0.1) is 0 Å². The van der Waals surface area contributed by atoms with E-state index in [0.29, 0.717) is 40.8 Å². The highest BCUT2D eigenvalue weighted by molar-refractivity contribution is 5.99. The quantitative estimate of drug-likeness (QED) is 0.796. The molecule has 0 aromatic heterocycles. The maximum atomic E-state index is 14.7. The van der Waals surface area contributed by atoms with Crippen molar-refractivity contribution in [3.8, 4) is 6.07 Å². The first-order valence-corrected chi connectivity index (χ1v) is 7.48.